The van der Waals surface area contributed by atoms with Crippen molar-refractivity contribution >= 4 is 19.7 Å². The summed E-state index contributed by atoms with van der Waals surface area (Å²) in [4.78, 5) is -0.652. The Hall–Kier alpha value is -1.19. The quantitative estimate of drug-likeness (QED) is 0.773. The first kappa shape index (κ1) is 12.9. The van der Waals surface area contributed by atoms with E-state index in [0.29, 0.717) is 0 Å². The molecule has 0 saturated heterocycles. The van der Waals surface area contributed by atoms with Crippen molar-refractivity contribution in [1.82, 2.24) is 0 Å². The summed E-state index contributed by atoms with van der Waals surface area (Å²) < 4.78 is 47.3. The minimum absolute atomic E-state index is 0.000586. The average molecular weight is 266 g/mol. The van der Waals surface area contributed by atoms with E-state index in [0.717, 1.165) is 12.1 Å². The number of aryl methyl sites for hydroxylation is 1. The Morgan fingerprint density at radius 1 is 1.44 bits per heavy atom. The lowest BCUT2D eigenvalue weighted by Crippen LogP contribution is -2.01. The first-order chi connectivity index (χ1) is 7.27. The molecule has 0 atom stereocenters. The summed E-state index contributed by atoms with van der Waals surface area (Å²) in [5.74, 6) is 0. The second-order valence-electron chi connectivity index (χ2n) is 3.06. The fourth-order valence-electron chi connectivity index (χ4n) is 1.20. The van der Waals surface area contributed by atoms with Gasteiger partial charge in [-0.15, -0.1) is 0 Å². The van der Waals surface area contributed by atoms with Gasteiger partial charge in [0.2, 0.25) is 0 Å². The van der Waals surface area contributed by atoms with Crippen LogP contribution in [0.25, 0.3) is 0 Å². The van der Waals surface area contributed by atoms with E-state index in [9.17, 15) is 17.2 Å². The van der Waals surface area contributed by atoms with Gasteiger partial charge in [-0.25, -0.2) is 17.2 Å². The van der Waals surface area contributed by atoms with E-state index in [2.05, 4.69) is 0 Å². The van der Waals surface area contributed by atoms with Gasteiger partial charge in [0.05, 0.1) is 16.5 Å². The Balaban J connectivity index is 3.63. The molecule has 0 amide bonds. The molecule has 0 bridgehead atoms. The highest BCUT2D eigenvalue weighted by Crippen LogP contribution is 2.31. The van der Waals surface area contributed by atoms with E-state index in [4.69, 9.17) is 15.9 Å². The maximum atomic E-state index is 12.6. The van der Waals surface area contributed by atoms with Crippen LogP contribution >= 0.6 is 10.7 Å². The number of nitrogens with zero attached hydrogens (tertiary/aromatic N) is 1. The first-order valence-corrected chi connectivity index (χ1v) is 6.35. The number of alkyl halides is 2. The van der Waals surface area contributed by atoms with Crippen LogP contribution in [-0.2, 0) is 9.05 Å². The van der Waals surface area contributed by atoms with Crippen molar-refractivity contribution in [3.05, 3.63) is 28.8 Å². The van der Waals surface area contributed by atoms with Crippen LogP contribution in [0.15, 0.2) is 17.0 Å². The molecule has 0 aliphatic heterocycles. The van der Waals surface area contributed by atoms with E-state index < -0.39 is 25.9 Å². The van der Waals surface area contributed by atoms with Crippen molar-refractivity contribution < 1.29 is 17.2 Å². The zero-order chi connectivity index (χ0) is 12.5. The Kier molecular flexibility index (Phi) is 3.51. The Labute approximate surface area is 95.7 Å². The standard InChI is InChI=1S/C9H6ClF2NO2S/c1-5-2-8(16(10,14)15)7(9(11)12)3-6(5)4-13/h2-3,9H,1H3. The summed E-state index contributed by atoms with van der Waals surface area (Å²) in [6, 6.07) is 3.52. The molecule has 0 saturated carbocycles. The van der Waals surface area contributed by atoms with Crippen molar-refractivity contribution in [2.75, 3.05) is 0 Å². The predicted octanol–water partition coefficient (Wildman–Crippen LogP) is 2.73. The van der Waals surface area contributed by atoms with E-state index in [1.54, 1.807) is 6.07 Å². The molecule has 3 nitrogen and oxygen atoms in total. The van der Waals surface area contributed by atoms with Gasteiger partial charge in [0.1, 0.15) is 0 Å². The second kappa shape index (κ2) is 4.36. The third-order valence-corrected chi connectivity index (χ3v) is 3.35. The zero-order valence-corrected chi connectivity index (χ0v) is 9.61. The molecule has 0 aliphatic rings. The van der Waals surface area contributed by atoms with Gasteiger partial charge in [-0.3, -0.25) is 0 Å². The molecule has 0 fully saturated rings. The van der Waals surface area contributed by atoms with Gasteiger partial charge < -0.3 is 0 Å². The number of halogens is 3. The van der Waals surface area contributed by atoms with Crippen LogP contribution in [-0.4, -0.2) is 8.42 Å². The molecule has 0 heterocycles. The lowest BCUT2D eigenvalue weighted by atomic mass is 10.1. The number of benzene rings is 1. The molecule has 0 radical (unpaired) electrons. The van der Waals surface area contributed by atoms with E-state index in [-0.39, 0.29) is 11.1 Å². The molecule has 1 aromatic carbocycles. The lowest BCUT2D eigenvalue weighted by molar-refractivity contribution is 0.148. The Bertz CT molecular complexity index is 564. The van der Waals surface area contributed by atoms with Crippen LogP contribution in [0.1, 0.15) is 23.1 Å². The lowest BCUT2D eigenvalue weighted by Gasteiger charge is -2.08. The number of hydrogen-bond acceptors (Lipinski definition) is 3. The molecule has 1 rings (SSSR count). The zero-order valence-electron chi connectivity index (χ0n) is 8.04. The maximum Gasteiger partial charge on any atom is 0.265 e. The second-order valence-corrected chi connectivity index (χ2v) is 5.59. The number of hydrogen-bond donors (Lipinski definition) is 0. The predicted molar refractivity (Wildman–Crippen MR) is 53.9 cm³/mol. The van der Waals surface area contributed by atoms with E-state index >= 15 is 0 Å². The molecule has 0 unspecified atom stereocenters. The van der Waals surface area contributed by atoms with Crippen molar-refractivity contribution in [3.63, 3.8) is 0 Å². The smallest absolute Gasteiger partial charge is 0.207 e. The molecule has 7 heteroatoms. The molecule has 0 aliphatic carbocycles. The fourth-order valence-corrected chi connectivity index (χ4v) is 2.35. The monoisotopic (exact) mass is 265 g/mol. The number of nitriles is 1. The van der Waals surface area contributed by atoms with Gasteiger partial charge in [-0.05, 0) is 24.6 Å². The van der Waals surface area contributed by atoms with Gasteiger partial charge in [0, 0.05) is 16.2 Å². The molecule has 1 aromatic rings. The van der Waals surface area contributed by atoms with Crippen molar-refractivity contribution in [3.8, 4) is 6.07 Å². The number of rotatable bonds is 2. The van der Waals surface area contributed by atoms with Crippen molar-refractivity contribution in [1.29, 1.82) is 5.26 Å². The average Bonchev–Trinajstić information content (AvgIpc) is 2.15. The van der Waals surface area contributed by atoms with Crippen molar-refractivity contribution in [2.24, 2.45) is 0 Å². The third-order valence-electron chi connectivity index (χ3n) is 1.98. The summed E-state index contributed by atoms with van der Waals surface area (Å²) in [7, 11) is 0.788. The van der Waals surface area contributed by atoms with Gasteiger partial charge in [0.25, 0.3) is 15.5 Å². The molecular formula is C9H6ClF2NO2S. The molecule has 0 N–H and O–H groups in total. The third kappa shape index (κ3) is 2.49. The topological polar surface area (TPSA) is 57.9 Å². The fraction of sp³-hybridized carbons (Fsp3) is 0.222. The van der Waals surface area contributed by atoms with Gasteiger partial charge in [0.15, 0.2) is 0 Å². The summed E-state index contributed by atoms with van der Waals surface area (Å²) in [5.41, 5.74) is -0.470. The minimum atomic E-state index is -4.24. The summed E-state index contributed by atoms with van der Waals surface area (Å²) in [6.07, 6.45) is -3.00. The Morgan fingerprint density at radius 2 is 2.00 bits per heavy atom. The molecule has 16 heavy (non-hydrogen) atoms. The van der Waals surface area contributed by atoms with Crippen LogP contribution in [0, 0.1) is 18.3 Å². The van der Waals surface area contributed by atoms with Crippen LogP contribution in [0.5, 0.6) is 0 Å². The SMILES string of the molecule is Cc1cc(S(=O)(=O)Cl)c(C(F)F)cc1C#N. The van der Waals surface area contributed by atoms with Gasteiger partial charge in [-0.2, -0.15) is 5.26 Å². The molecule has 86 valence electrons. The minimum Gasteiger partial charge on any atom is -0.207 e. The first-order valence-electron chi connectivity index (χ1n) is 4.05. The van der Waals surface area contributed by atoms with Crippen LogP contribution < -0.4 is 0 Å². The summed E-state index contributed by atoms with van der Waals surface area (Å²) >= 11 is 0. The largest absolute Gasteiger partial charge is 0.265 e. The van der Waals surface area contributed by atoms with E-state index in [1.165, 1.54) is 6.92 Å². The normalized spacial score (nSPS) is 11.5. The summed E-state index contributed by atoms with van der Waals surface area (Å²) in [6.45, 7) is 1.44. The molecular weight excluding hydrogens is 260 g/mol. The molecule has 0 aromatic heterocycles. The van der Waals surface area contributed by atoms with Crippen molar-refractivity contribution in [2.45, 2.75) is 18.2 Å². The van der Waals surface area contributed by atoms with E-state index in [1.807, 2.05) is 0 Å². The highest BCUT2D eigenvalue weighted by molar-refractivity contribution is 8.13. The highest BCUT2D eigenvalue weighted by Gasteiger charge is 2.23. The summed E-state index contributed by atoms with van der Waals surface area (Å²) in [5, 5.41) is 8.64. The van der Waals surface area contributed by atoms with Crippen LogP contribution in [0.3, 0.4) is 0 Å². The van der Waals surface area contributed by atoms with Crippen LogP contribution in [0.2, 0.25) is 0 Å². The maximum absolute atomic E-state index is 12.6. The van der Waals surface area contributed by atoms with Gasteiger partial charge in [-0.1, -0.05) is 0 Å². The van der Waals surface area contributed by atoms with Gasteiger partial charge >= 0.3 is 0 Å². The van der Waals surface area contributed by atoms with Crippen LogP contribution in [0.4, 0.5) is 8.78 Å². The highest BCUT2D eigenvalue weighted by atomic mass is 35.7. The molecule has 0 spiro atoms. The Morgan fingerprint density at radius 3 is 2.38 bits per heavy atom.